The molecular weight excluding hydrogens is 362 g/mol. The smallest absolute Gasteiger partial charge is 0.253 e. The van der Waals surface area contributed by atoms with Crippen LogP contribution in [0.5, 0.6) is 0 Å². The van der Waals surface area contributed by atoms with Crippen LogP contribution in [0.15, 0.2) is 67.3 Å². The summed E-state index contributed by atoms with van der Waals surface area (Å²) in [5.41, 5.74) is 4.49. The van der Waals surface area contributed by atoms with E-state index in [0.29, 0.717) is 12.1 Å². The summed E-state index contributed by atoms with van der Waals surface area (Å²) in [7, 11) is 0. The fourth-order valence-electron chi connectivity index (χ4n) is 3.66. The summed E-state index contributed by atoms with van der Waals surface area (Å²) in [5.74, 6) is 0.703. The van der Waals surface area contributed by atoms with Crippen molar-refractivity contribution in [3.63, 3.8) is 0 Å². The number of aromatic nitrogens is 4. The van der Waals surface area contributed by atoms with Crippen LogP contribution in [-0.4, -0.2) is 31.6 Å². The number of hydrogen-bond donors (Lipinski definition) is 1. The number of nitrogens with one attached hydrogen (secondary N) is 1. The van der Waals surface area contributed by atoms with Crippen molar-refractivity contribution in [2.45, 2.75) is 25.8 Å². The highest BCUT2D eigenvalue weighted by Gasteiger charge is 2.23. The zero-order chi connectivity index (χ0) is 19.6. The molecule has 1 aliphatic rings. The van der Waals surface area contributed by atoms with E-state index < -0.39 is 0 Å². The zero-order valence-corrected chi connectivity index (χ0v) is 16.2. The van der Waals surface area contributed by atoms with Crippen LogP contribution in [0.3, 0.4) is 0 Å². The highest BCUT2D eigenvalue weighted by molar-refractivity contribution is 6.02. The second-order valence-corrected chi connectivity index (χ2v) is 7.63. The summed E-state index contributed by atoms with van der Waals surface area (Å²) in [6.07, 6.45) is 10.9. The molecule has 4 heterocycles. The van der Waals surface area contributed by atoms with Gasteiger partial charge in [0.05, 0.1) is 16.8 Å². The molecule has 0 aromatic carbocycles. The van der Waals surface area contributed by atoms with Crippen LogP contribution in [0.25, 0.3) is 16.9 Å². The first-order chi connectivity index (χ1) is 14.3. The Kier molecular flexibility index (Phi) is 4.60. The van der Waals surface area contributed by atoms with Gasteiger partial charge in [-0.25, -0.2) is 0 Å². The maximum absolute atomic E-state index is 12.9. The minimum absolute atomic E-state index is 0.0683. The summed E-state index contributed by atoms with van der Waals surface area (Å²) in [4.78, 5) is 17.0. The van der Waals surface area contributed by atoms with Gasteiger partial charge in [-0.3, -0.25) is 14.5 Å². The van der Waals surface area contributed by atoms with E-state index in [2.05, 4.69) is 10.3 Å². The standard InChI is InChI=1S/C23H23N5O/c29-23(25-11-8-17-4-3-10-24-15-17)19-14-22(28-12-2-1-5-21(19)28)20-9-13-27(26-20)16-18-6-7-18/h1-5,9-10,12-15,18H,6-8,11,16H2,(H,25,29). The van der Waals surface area contributed by atoms with Crippen LogP contribution in [0.2, 0.25) is 0 Å². The van der Waals surface area contributed by atoms with E-state index in [1.54, 1.807) is 6.20 Å². The van der Waals surface area contributed by atoms with Crippen molar-refractivity contribution >= 4 is 11.4 Å². The number of rotatable bonds is 7. The minimum Gasteiger partial charge on any atom is -0.352 e. The Bertz CT molecular complexity index is 1140. The second kappa shape index (κ2) is 7.54. The molecule has 1 saturated carbocycles. The Labute approximate surface area is 169 Å². The lowest BCUT2D eigenvalue weighted by molar-refractivity contribution is 0.0956. The van der Waals surface area contributed by atoms with Gasteiger partial charge < -0.3 is 9.72 Å². The van der Waals surface area contributed by atoms with Gasteiger partial charge in [0.25, 0.3) is 5.91 Å². The van der Waals surface area contributed by atoms with Crippen LogP contribution in [0.1, 0.15) is 28.8 Å². The lowest BCUT2D eigenvalue weighted by Gasteiger charge is -2.04. The summed E-state index contributed by atoms with van der Waals surface area (Å²) >= 11 is 0. The third-order valence-corrected chi connectivity index (χ3v) is 5.39. The lowest BCUT2D eigenvalue weighted by Crippen LogP contribution is -2.25. The van der Waals surface area contributed by atoms with E-state index in [1.807, 2.05) is 70.1 Å². The van der Waals surface area contributed by atoms with Gasteiger partial charge in [-0.2, -0.15) is 5.10 Å². The number of amides is 1. The Balaban J connectivity index is 1.37. The minimum atomic E-state index is -0.0683. The SMILES string of the molecule is O=C(NCCc1cccnc1)c1cc(-c2ccn(CC3CC3)n2)n2ccccc12. The van der Waals surface area contributed by atoms with Crippen LogP contribution < -0.4 is 5.32 Å². The summed E-state index contributed by atoms with van der Waals surface area (Å²) < 4.78 is 4.06. The van der Waals surface area contributed by atoms with Crippen molar-refractivity contribution in [3.8, 4) is 11.4 Å². The molecule has 0 spiro atoms. The molecule has 6 nitrogen and oxygen atoms in total. The van der Waals surface area contributed by atoms with E-state index in [9.17, 15) is 4.79 Å². The number of carbonyl (C=O) groups excluding carboxylic acids is 1. The molecule has 1 amide bonds. The molecule has 0 bridgehead atoms. The van der Waals surface area contributed by atoms with E-state index >= 15 is 0 Å². The third kappa shape index (κ3) is 3.78. The van der Waals surface area contributed by atoms with Gasteiger partial charge in [0, 0.05) is 37.9 Å². The molecule has 5 rings (SSSR count). The molecule has 1 fully saturated rings. The van der Waals surface area contributed by atoms with E-state index in [0.717, 1.165) is 41.4 Å². The maximum atomic E-state index is 12.9. The van der Waals surface area contributed by atoms with Gasteiger partial charge >= 0.3 is 0 Å². The summed E-state index contributed by atoms with van der Waals surface area (Å²) in [6, 6.07) is 13.8. The average Bonchev–Trinajstić information content (AvgIpc) is 3.30. The van der Waals surface area contributed by atoms with Crippen molar-refractivity contribution in [1.82, 2.24) is 24.5 Å². The molecule has 0 aliphatic heterocycles. The monoisotopic (exact) mass is 385 g/mol. The van der Waals surface area contributed by atoms with Crippen LogP contribution in [0.4, 0.5) is 0 Å². The Morgan fingerprint density at radius 3 is 2.90 bits per heavy atom. The summed E-state index contributed by atoms with van der Waals surface area (Å²) in [6.45, 7) is 1.55. The van der Waals surface area contributed by atoms with Crippen molar-refractivity contribution in [3.05, 3.63) is 78.4 Å². The highest BCUT2D eigenvalue weighted by Crippen LogP contribution is 2.31. The van der Waals surface area contributed by atoms with Crippen LogP contribution in [0, 0.1) is 5.92 Å². The molecule has 1 N–H and O–H groups in total. The molecule has 29 heavy (non-hydrogen) atoms. The molecule has 0 unspecified atom stereocenters. The number of carbonyl (C=O) groups is 1. The fourth-order valence-corrected chi connectivity index (χ4v) is 3.66. The number of pyridine rings is 2. The molecule has 0 radical (unpaired) electrons. The quantitative estimate of drug-likeness (QED) is 0.529. The molecule has 0 saturated heterocycles. The van der Waals surface area contributed by atoms with Gasteiger partial charge in [0.15, 0.2) is 0 Å². The molecule has 4 aromatic heterocycles. The first-order valence-corrected chi connectivity index (χ1v) is 10.1. The Morgan fingerprint density at radius 2 is 2.07 bits per heavy atom. The van der Waals surface area contributed by atoms with Crippen LogP contribution in [-0.2, 0) is 13.0 Å². The predicted octanol–water partition coefficient (Wildman–Crippen LogP) is 3.58. The van der Waals surface area contributed by atoms with Crippen LogP contribution >= 0.6 is 0 Å². The largest absolute Gasteiger partial charge is 0.352 e. The molecule has 6 heteroatoms. The topological polar surface area (TPSA) is 64.2 Å². The van der Waals surface area contributed by atoms with Crippen molar-refractivity contribution in [2.75, 3.05) is 6.54 Å². The average molecular weight is 385 g/mol. The molecule has 4 aromatic rings. The van der Waals surface area contributed by atoms with E-state index in [1.165, 1.54) is 12.8 Å². The highest BCUT2D eigenvalue weighted by atomic mass is 16.1. The number of fused-ring (bicyclic) bond motifs is 1. The lowest BCUT2D eigenvalue weighted by atomic mass is 10.2. The fraction of sp³-hybridized carbons (Fsp3) is 0.261. The number of nitrogens with zero attached hydrogens (tertiary/aromatic N) is 4. The predicted molar refractivity (Wildman–Crippen MR) is 112 cm³/mol. The Morgan fingerprint density at radius 1 is 1.14 bits per heavy atom. The van der Waals surface area contributed by atoms with E-state index in [4.69, 9.17) is 5.10 Å². The summed E-state index contributed by atoms with van der Waals surface area (Å²) in [5, 5.41) is 7.78. The van der Waals surface area contributed by atoms with Crippen molar-refractivity contribution < 1.29 is 4.79 Å². The first kappa shape index (κ1) is 17.7. The van der Waals surface area contributed by atoms with Gasteiger partial charge in [-0.1, -0.05) is 12.1 Å². The second-order valence-electron chi connectivity index (χ2n) is 7.63. The molecule has 1 aliphatic carbocycles. The zero-order valence-electron chi connectivity index (χ0n) is 16.2. The molecule has 0 atom stereocenters. The van der Waals surface area contributed by atoms with Gasteiger partial charge in [-0.05, 0) is 61.1 Å². The van der Waals surface area contributed by atoms with Gasteiger partial charge in [0.2, 0.25) is 0 Å². The van der Waals surface area contributed by atoms with Crippen molar-refractivity contribution in [2.24, 2.45) is 5.92 Å². The molecule has 146 valence electrons. The van der Waals surface area contributed by atoms with Gasteiger partial charge in [-0.15, -0.1) is 0 Å². The normalized spacial score (nSPS) is 13.7. The van der Waals surface area contributed by atoms with E-state index in [-0.39, 0.29) is 5.91 Å². The Hall–Kier alpha value is -3.41. The number of hydrogen-bond acceptors (Lipinski definition) is 3. The van der Waals surface area contributed by atoms with Crippen molar-refractivity contribution in [1.29, 1.82) is 0 Å². The first-order valence-electron chi connectivity index (χ1n) is 10.1. The third-order valence-electron chi connectivity index (χ3n) is 5.39. The van der Waals surface area contributed by atoms with Gasteiger partial charge in [0.1, 0.15) is 5.69 Å². The maximum Gasteiger partial charge on any atom is 0.253 e. The molecular formula is C23H23N5O.